The monoisotopic (exact) mass is 136 g/mol. The molecule has 0 unspecified atom stereocenters. The first-order valence-corrected chi connectivity index (χ1v) is 2.85. The highest BCUT2D eigenvalue weighted by Gasteiger charge is 2.21. The second-order valence-electron chi connectivity index (χ2n) is 1.96. The molecule has 4 heteroatoms. The topological polar surface area (TPSA) is 52.1 Å². The largest absolute Gasteiger partial charge is 0.468 e. The number of ketones is 1. The summed E-state index contributed by atoms with van der Waals surface area (Å²) in [5.74, 6) is 0.331. The molecule has 0 aliphatic carbocycles. The molecule has 1 aromatic rings. The van der Waals surface area contributed by atoms with E-state index in [0.29, 0.717) is 11.4 Å². The molecule has 0 spiro atoms. The molecule has 0 N–H and O–H groups in total. The summed E-state index contributed by atoms with van der Waals surface area (Å²) < 4.78 is 4.89. The molecular formula is C6H4N2O2. The molecule has 0 saturated heterocycles. The predicted molar refractivity (Wildman–Crippen MR) is 31.9 cm³/mol. The number of carbonyl (C=O) groups is 1. The van der Waals surface area contributed by atoms with Crippen molar-refractivity contribution in [1.29, 1.82) is 0 Å². The Morgan fingerprint density at radius 1 is 1.60 bits per heavy atom. The van der Waals surface area contributed by atoms with E-state index in [2.05, 4.69) is 10.2 Å². The lowest BCUT2D eigenvalue weighted by molar-refractivity contribution is 0.0960. The third kappa shape index (κ3) is 0.586. The van der Waals surface area contributed by atoms with E-state index in [9.17, 15) is 4.79 Å². The lowest BCUT2D eigenvalue weighted by Crippen LogP contribution is -1.98. The average Bonchev–Trinajstić information content (AvgIpc) is 2.34. The number of rotatable bonds is 0. The summed E-state index contributed by atoms with van der Waals surface area (Å²) in [6.07, 6.45) is 1.48. The van der Waals surface area contributed by atoms with Gasteiger partial charge in [0.1, 0.15) is 0 Å². The Hall–Kier alpha value is -1.45. The van der Waals surface area contributed by atoms with Crippen molar-refractivity contribution < 1.29 is 9.53 Å². The van der Waals surface area contributed by atoms with Crippen LogP contribution in [0.1, 0.15) is 10.4 Å². The average molecular weight is 136 g/mol. The number of ether oxygens (including phenoxy) is 1. The fraction of sp³-hybridized carbons (Fsp3) is 0.167. The SMILES string of the molecule is O=C1COc2nnccc21. The van der Waals surface area contributed by atoms with Crippen molar-refractivity contribution in [3.05, 3.63) is 17.8 Å². The summed E-state index contributed by atoms with van der Waals surface area (Å²) >= 11 is 0. The van der Waals surface area contributed by atoms with Gasteiger partial charge >= 0.3 is 0 Å². The highest BCUT2D eigenvalue weighted by atomic mass is 16.5. The molecule has 2 heterocycles. The molecule has 0 saturated carbocycles. The molecule has 1 aliphatic rings. The smallest absolute Gasteiger partial charge is 0.244 e. The van der Waals surface area contributed by atoms with Crippen LogP contribution in [0.3, 0.4) is 0 Å². The highest BCUT2D eigenvalue weighted by molar-refractivity contribution is 6.01. The van der Waals surface area contributed by atoms with Crippen molar-refractivity contribution in [2.75, 3.05) is 6.61 Å². The summed E-state index contributed by atoms with van der Waals surface area (Å²) in [7, 11) is 0. The second-order valence-corrected chi connectivity index (χ2v) is 1.96. The maximum absolute atomic E-state index is 10.9. The first-order chi connectivity index (χ1) is 4.88. The Morgan fingerprint density at radius 2 is 2.50 bits per heavy atom. The van der Waals surface area contributed by atoms with Gasteiger partial charge in [0.2, 0.25) is 11.7 Å². The van der Waals surface area contributed by atoms with Gasteiger partial charge in [0.15, 0.2) is 6.61 Å². The zero-order valence-corrected chi connectivity index (χ0v) is 5.07. The lowest BCUT2D eigenvalue weighted by Gasteiger charge is -1.89. The standard InChI is InChI=1S/C6H4N2O2/c9-5-3-10-6-4(5)1-2-7-8-6/h1-2H,3H2. The van der Waals surface area contributed by atoms with E-state index in [1.54, 1.807) is 6.07 Å². The van der Waals surface area contributed by atoms with Crippen LogP contribution in [0, 0.1) is 0 Å². The number of hydrogen-bond acceptors (Lipinski definition) is 4. The normalized spacial score (nSPS) is 14.6. The zero-order chi connectivity index (χ0) is 6.97. The Kier molecular flexibility index (Phi) is 0.943. The van der Waals surface area contributed by atoms with Gasteiger partial charge in [-0.25, -0.2) is 0 Å². The van der Waals surface area contributed by atoms with Crippen molar-refractivity contribution in [3.63, 3.8) is 0 Å². The minimum Gasteiger partial charge on any atom is -0.468 e. The maximum Gasteiger partial charge on any atom is 0.244 e. The van der Waals surface area contributed by atoms with Gasteiger partial charge in [0.05, 0.1) is 11.8 Å². The van der Waals surface area contributed by atoms with Crippen molar-refractivity contribution in [2.45, 2.75) is 0 Å². The number of aromatic nitrogens is 2. The van der Waals surface area contributed by atoms with Crippen LogP contribution in [0.2, 0.25) is 0 Å². The summed E-state index contributed by atoms with van der Waals surface area (Å²) in [6.45, 7) is 0.105. The van der Waals surface area contributed by atoms with Crippen molar-refractivity contribution in [1.82, 2.24) is 10.2 Å². The molecule has 50 valence electrons. The molecule has 0 atom stereocenters. The molecular weight excluding hydrogens is 132 g/mol. The fourth-order valence-corrected chi connectivity index (χ4v) is 0.849. The molecule has 10 heavy (non-hydrogen) atoms. The molecule has 0 amide bonds. The number of nitrogens with zero attached hydrogens (tertiary/aromatic N) is 2. The summed E-state index contributed by atoms with van der Waals surface area (Å²) in [6, 6.07) is 1.61. The quantitative estimate of drug-likeness (QED) is 0.505. The van der Waals surface area contributed by atoms with E-state index in [1.807, 2.05) is 0 Å². The van der Waals surface area contributed by atoms with Crippen LogP contribution in [0.5, 0.6) is 5.88 Å². The maximum atomic E-state index is 10.9. The third-order valence-electron chi connectivity index (χ3n) is 1.33. The van der Waals surface area contributed by atoms with E-state index in [-0.39, 0.29) is 12.4 Å². The predicted octanol–water partition coefficient (Wildman–Crippen LogP) is 0.0517. The molecule has 0 radical (unpaired) electrons. The Labute approximate surface area is 56.8 Å². The Morgan fingerprint density at radius 3 is 3.30 bits per heavy atom. The minimum absolute atomic E-state index is 0.0232. The van der Waals surface area contributed by atoms with Crippen molar-refractivity contribution in [2.24, 2.45) is 0 Å². The number of carbonyl (C=O) groups excluding carboxylic acids is 1. The first-order valence-electron chi connectivity index (χ1n) is 2.85. The van der Waals surface area contributed by atoms with Gasteiger partial charge in [0.25, 0.3) is 0 Å². The lowest BCUT2D eigenvalue weighted by atomic mass is 10.2. The molecule has 1 aliphatic heterocycles. The van der Waals surface area contributed by atoms with Gasteiger partial charge in [-0.2, -0.15) is 5.10 Å². The molecule has 1 aromatic heterocycles. The van der Waals surface area contributed by atoms with Gasteiger partial charge in [0, 0.05) is 0 Å². The van der Waals surface area contributed by atoms with E-state index < -0.39 is 0 Å². The molecule has 4 nitrogen and oxygen atoms in total. The third-order valence-corrected chi connectivity index (χ3v) is 1.33. The number of hydrogen-bond donors (Lipinski definition) is 0. The van der Waals surface area contributed by atoms with Crippen LogP contribution in [0.25, 0.3) is 0 Å². The van der Waals surface area contributed by atoms with Crippen LogP contribution in [-0.2, 0) is 0 Å². The van der Waals surface area contributed by atoms with Crippen molar-refractivity contribution in [3.8, 4) is 5.88 Å². The zero-order valence-electron chi connectivity index (χ0n) is 5.07. The Balaban J connectivity index is 2.61. The van der Waals surface area contributed by atoms with E-state index in [4.69, 9.17) is 4.74 Å². The van der Waals surface area contributed by atoms with Crippen molar-refractivity contribution >= 4 is 5.78 Å². The van der Waals surface area contributed by atoms with Gasteiger partial charge < -0.3 is 4.74 Å². The van der Waals surface area contributed by atoms with E-state index in [0.717, 1.165) is 0 Å². The van der Waals surface area contributed by atoms with Crippen LogP contribution in [0.4, 0.5) is 0 Å². The first kappa shape index (κ1) is 5.34. The Bertz CT molecular complexity index is 285. The van der Waals surface area contributed by atoms with Gasteiger partial charge in [-0.3, -0.25) is 4.79 Å². The van der Waals surface area contributed by atoms with Crippen LogP contribution < -0.4 is 4.74 Å². The van der Waals surface area contributed by atoms with Crippen LogP contribution >= 0.6 is 0 Å². The van der Waals surface area contributed by atoms with Crippen LogP contribution in [0.15, 0.2) is 12.3 Å². The molecule has 0 fully saturated rings. The molecule has 0 bridgehead atoms. The molecule has 2 rings (SSSR count). The summed E-state index contributed by atoms with van der Waals surface area (Å²) in [5, 5.41) is 7.18. The summed E-state index contributed by atoms with van der Waals surface area (Å²) in [5.41, 5.74) is 0.537. The van der Waals surface area contributed by atoms with Gasteiger partial charge in [-0.1, -0.05) is 0 Å². The van der Waals surface area contributed by atoms with Gasteiger partial charge in [-0.05, 0) is 6.07 Å². The van der Waals surface area contributed by atoms with Gasteiger partial charge in [-0.15, -0.1) is 5.10 Å². The number of Topliss-reactive ketones (excluding diaryl/α,β-unsaturated/α-hetero) is 1. The summed E-state index contributed by atoms with van der Waals surface area (Å²) in [4.78, 5) is 10.9. The van der Waals surface area contributed by atoms with E-state index >= 15 is 0 Å². The molecule has 0 aromatic carbocycles. The highest BCUT2D eigenvalue weighted by Crippen LogP contribution is 2.19. The number of fused-ring (bicyclic) bond motifs is 1. The second kappa shape index (κ2) is 1.76. The fourth-order valence-electron chi connectivity index (χ4n) is 0.849. The minimum atomic E-state index is -0.0232. The van der Waals surface area contributed by atoms with E-state index in [1.165, 1.54) is 6.20 Å². The van der Waals surface area contributed by atoms with Crippen LogP contribution in [-0.4, -0.2) is 22.6 Å².